The molecule has 0 saturated heterocycles. The number of hydrogen-bond acceptors (Lipinski definition) is 2. The van der Waals surface area contributed by atoms with Gasteiger partial charge in [0.1, 0.15) is 6.04 Å². The number of nitrogens with one attached hydrogen (secondary N) is 1. The zero-order chi connectivity index (χ0) is 16.0. The van der Waals surface area contributed by atoms with E-state index in [-0.39, 0.29) is 11.9 Å². The topological polar surface area (TPSA) is 69.6 Å². The predicted octanol–water partition coefficient (Wildman–Crippen LogP) is 2.64. The van der Waals surface area contributed by atoms with E-state index >= 15 is 0 Å². The molecule has 0 heterocycles. The molecule has 2 N–H and O–H groups in total. The van der Waals surface area contributed by atoms with Gasteiger partial charge < -0.3 is 15.3 Å². The molecule has 0 radical (unpaired) electrons. The van der Waals surface area contributed by atoms with Crippen LogP contribution in [0.2, 0.25) is 0 Å². The maximum absolute atomic E-state index is 12.1. The number of hydrogen-bond donors (Lipinski definition) is 2. The number of carbonyl (C=O) groups is 2. The lowest BCUT2D eigenvalue weighted by Gasteiger charge is -2.22. The van der Waals surface area contributed by atoms with Crippen LogP contribution >= 0.6 is 0 Å². The first-order valence-electron chi connectivity index (χ1n) is 7.09. The van der Waals surface area contributed by atoms with E-state index in [0.717, 1.165) is 11.1 Å². The summed E-state index contributed by atoms with van der Waals surface area (Å²) in [5, 5.41) is 11.7. The number of carboxylic acids is 1. The van der Waals surface area contributed by atoms with Gasteiger partial charge in [0.05, 0.1) is 0 Å². The number of carbonyl (C=O) groups excluding carboxylic acids is 1. The summed E-state index contributed by atoms with van der Waals surface area (Å²) in [5.41, 5.74) is 2.17. The van der Waals surface area contributed by atoms with Crippen LogP contribution < -0.4 is 5.32 Å². The summed E-state index contributed by atoms with van der Waals surface area (Å²) in [6.45, 7) is 6.31. The second-order valence-electron chi connectivity index (χ2n) is 5.81. The average molecular weight is 292 g/mol. The molecule has 5 heteroatoms. The zero-order valence-corrected chi connectivity index (χ0v) is 13.1. The van der Waals surface area contributed by atoms with Crippen LogP contribution in [0.4, 0.5) is 4.79 Å². The van der Waals surface area contributed by atoms with Gasteiger partial charge in [0.15, 0.2) is 0 Å². The quantitative estimate of drug-likeness (QED) is 0.847. The largest absolute Gasteiger partial charge is 0.480 e. The Hall–Kier alpha value is -2.04. The summed E-state index contributed by atoms with van der Waals surface area (Å²) in [5.74, 6) is -0.797. The highest BCUT2D eigenvalue weighted by Crippen LogP contribution is 2.08. The summed E-state index contributed by atoms with van der Waals surface area (Å²) in [4.78, 5) is 24.7. The molecule has 1 aromatic rings. The zero-order valence-electron chi connectivity index (χ0n) is 13.1. The van der Waals surface area contributed by atoms with Crippen molar-refractivity contribution in [2.24, 2.45) is 5.92 Å². The Bertz CT molecular complexity index is 483. The molecule has 0 aliphatic carbocycles. The van der Waals surface area contributed by atoms with Crippen LogP contribution in [-0.2, 0) is 11.3 Å². The van der Waals surface area contributed by atoms with E-state index in [1.54, 1.807) is 7.05 Å². The number of aryl methyl sites for hydroxylation is 1. The predicted molar refractivity (Wildman–Crippen MR) is 82.1 cm³/mol. The van der Waals surface area contributed by atoms with Crippen molar-refractivity contribution in [1.82, 2.24) is 10.2 Å². The summed E-state index contributed by atoms with van der Waals surface area (Å²) < 4.78 is 0. The maximum Gasteiger partial charge on any atom is 0.326 e. The number of nitrogens with zero attached hydrogens (tertiary/aromatic N) is 1. The highest BCUT2D eigenvalue weighted by atomic mass is 16.4. The summed E-state index contributed by atoms with van der Waals surface area (Å²) in [6.07, 6.45) is 0.416. The normalized spacial score (nSPS) is 12.0. The lowest BCUT2D eigenvalue weighted by molar-refractivity contribution is -0.139. The fourth-order valence-corrected chi connectivity index (χ4v) is 1.99. The molecule has 0 saturated carbocycles. The summed E-state index contributed by atoms with van der Waals surface area (Å²) in [7, 11) is 1.66. The van der Waals surface area contributed by atoms with Crippen molar-refractivity contribution in [1.29, 1.82) is 0 Å². The van der Waals surface area contributed by atoms with E-state index in [9.17, 15) is 9.59 Å². The maximum atomic E-state index is 12.1. The number of urea groups is 1. The molecule has 5 nitrogen and oxygen atoms in total. The smallest absolute Gasteiger partial charge is 0.326 e. The molecular formula is C16H24N2O3. The van der Waals surface area contributed by atoms with Gasteiger partial charge in [0, 0.05) is 13.6 Å². The number of rotatable bonds is 6. The van der Waals surface area contributed by atoms with E-state index in [2.05, 4.69) is 5.32 Å². The molecule has 1 unspecified atom stereocenters. The molecule has 1 aromatic carbocycles. The minimum absolute atomic E-state index is 0.203. The Labute approximate surface area is 126 Å². The molecule has 1 atom stereocenters. The number of aliphatic carboxylic acids is 1. The van der Waals surface area contributed by atoms with E-state index in [0.29, 0.717) is 13.0 Å². The molecular weight excluding hydrogens is 268 g/mol. The van der Waals surface area contributed by atoms with Crippen molar-refractivity contribution in [3.05, 3.63) is 35.4 Å². The molecule has 1 rings (SSSR count). The van der Waals surface area contributed by atoms with Gasteiger partial charge in [-0.3, -0.25) is 0 Å². The van der Waals surface area contributed by atoms with Gasteiger partial charge in [-0.15, -0.1) is 0 Å². The van der Waals surface area contributed by atoms with Crippen LogP contribution in [0.15, 0.2) is 24.3 Å². The standard InChI is InChI=1S/C16H24N2O3/c1-11(2)9-14(15(19)20)17-16(21)18(4)10-13-7-5-12(3)6-8-13/h5-8,11,14H,9-10H2,1-4H3,(H,17,21)(H,19,20). The first kappa shape index (κ1) is 17.0. The Kier molecular flexibility index (Phi) is 6.21. The molecule has 2 amide bonds. The summed E-state index contributed by atoms with van der Waals surface area (Å²) >= 11 is 0. The van der Waals surface area contributed by atoms with Gasteiger partial charge >= 0.3 is 12.0 Å². The lowest BCUT2D eigenvalue weighted by atomic mass is 10.0. The van der Waals surface area contributed by atoms with Crippen LogP contribution in [0.1, 0.15) is 31.4 Å². The second kappa shape index (κ2) is 7.67. The van der Waals surface area contributed by atoms with E-state index < -0.39 is 12.0 Å². The van der Waals surface area contributed by atoms with E-state index in [1.165, 1.54) is 4.90 Å². The molecule has 0 aliphatic heterocycles. The van der Waals surface area contributed by atoms with Crippen molar-refractivity contribution in [3.63, 3.8) is 0 Å². The first-order valence-corrected chi connectivity index (χ1v) is 7.09. The van der Waals surface area contributed by atoms with E-state index in [1.807, 2.05) is 45.0 Å². The van der Waals surface area contributed by atoms with Crippen LogP contribution in [0.3, 0.4) is 0 Å². The monoisotopic (exact) mass is 292 g/mol. The Balaban J connectivity index is 2.60. The molecule has 0 fully saturated rings. The Morgan fingerprint density at radius 2 is 1.81 bits per heavy atom. The molecule has 0 bridgehead atoms. The van der Waals surface area contributed by atoms with Crippen molar-refractivity contribution >= 4 is 12.0 Å². The molecule has 0 aromatic heterocycles. The van der Waals surface area contributed by atoms with Crippen LogP contribution in [0.5, 0.6) is 0 Å². The van der Waals surface area contributed by atoms with Gasteiger partial charge in [-0.25, -0.2) is 9.59 Å². The number of amides is 2. The van der Waals surface area contributed by atoms with Gasteiger partial charge in [0.2, 0.25) is 0 Å². The van der Waals surface area contributed by atoms with Crippen molar-refractivity contribution in [2.45, 2.75) is 39.8 Å². The molecule has 0 spiro atoms. The van der Waals surface area contributed by atoms with Crippen molar-refractivity contribution < 1.29 is 14.7 Å². The van der Waals surface area contributed by atoms with Crippen molar-refractivity contribution in [2.75, 3.05) is 7.05 Å². The minimum Gasteiger partial charge on any atom is -0.480 e. The highest BCUT2D eigenvalue weighted by Gasteiger charge is 2.22. The minimum atomic E-state index is -0.999. The number of carboxylic acid groups (broad SMARTS) is 1. The van der Waals surface area contributed by atoms with Gasteiger partial charge in [-0.1, -0.05) is 43.7 Å². The molecule has 116 valence electrons. The third-order valence-corrected chi connectivity index (χ3v) is 3.19. The fraction of sp³-hybridized carbons (Fsp3) is 0.500. The van der Waals surface area contributed by atoms with Crippen LogP contribution in [0.25, 0.3) is 0 Å². The highest BCUT2D eigenvalue weighted by molar-refractivity contribution is 5.82. The average Bonchev–Trinajstić information content (AvgIpc) is 2.39. The van der Waals surface area contributed by atoms with Gasteiger partial charge in [-0.05, 0) is 24.8 Å². The SMILES string of the molecule is Cc1ccc(CN(C)C(=O)NC(CC(C)C)C(=O)O)cc1. The molecule has 21 heavy (non-hydrogen) atoms. The fourth-order valence-electron chi connectivity index (χ4n) is 1.99. The summed E-state index contributed by atoms with van der Waals surface area (Å²) in [6, 6.07) is 6.67. The first-order chi connectivity index (χ1) is 9.79. The Morgan fingerprint density at radius 3 is 2.29 bits per heavy atom. The van der Waals surface area contributed by atoms with Crippen molar-refractivity contribution in [3.8, 4) is 0 Å². The van der Waals surface area contributed by atoms with E-state index in [4.69, 9.17) is 5.11 Å². The number of benzene rings is 1. The molecule has 0 aliphatic rings. The van der Waals surface area contributed by atoms with Gasteiger partial charge in [0.25, 0.3) is 0 Å². The third-order valence-electron chi connectivity index (χ3n) is 3.19. The third kappa shape index (κ3) is 5.85. The second-order valence-corrected chi connectivity index (χ2v) is 5.81. The lowest BCUT2D eigenvalue weighted by Crippen LogP contribution is -2.46. The van der Waals surface area contributed by atoms with Crippen LogP contribution in [-0.4, -0.2) is 35.1 Å². The Morgan fingerprint density at radius 1 is 1.24 bits per heavy atom. The van der Waals surface area contributed by atoms with Crippen LogP contribution in [0, 0.1) is 12.8 Å². The van der Waals surface area contributed by atoms with Gasteiger partial charge in [-0.2, -0.15) is 0 Å².